The van der Waals surface area contributed by atoms with Gasteiger partial charge >= 0.3 is 0 Å². The van der Waals surface area contributed by atoms with Crippen molar-refractivity contribution in [3.63, 3.8) is 0 Å². The molecule has 0 saturated carbocycles. The zero-order chi connectivity index (χ0) is 15.4. The summed E-state index contributed by atoms with van der Waals surface area (Å²) in [6.45, 7) is 2.00. The number of aryl methyl sites for hydroxylation is 1. The number of rotatable bonds is 4. The molecule has 2 rings (SSSR count). The molecule has 1 aromatic carbocycles. The van der Waals surface area contributed by atoms with Gasteiger partial charge < -0.3 is 15.7 Å². The van der Waals surface area contributed by atoms with E-state index in [1.54, 1.807) is 12.1 Å². The summed E-state index contributed by atoms with van der Waals surface area (Å²) in [5.74, 6) is 0.616. The molecule has 1 heterocycles. The van der Waals surface area contributed by atoms with Crippen molar-refractivity contribution in [2.75, 3.05) is 0 Å². The number of nitrogens with zero attached hydrogens (tertiary/aromatic N) is 2. The van der Waals surface area contributed by atoms with Gasteiger partial charge in [0, 0.05) is 16.8 Å². The summed E-state index contributed by atoms with van der Waals surface area (Å²) < 4.78 is 5.65. The summed E-state index contributed by atoms with van der Waals surface area (Å²) in [6.07, 6.45) is 2.24. The van der Waals surface area contributed by atoms with Gasteiger partial charge in [0.05, 0.1) is 0 Å². The van der Waals surface area contributed by atoms with Crippen LogP contribution in [0, 0.1) is 0 Å². The number of nitrogens with two attached hydrogens (primary N) is 1. The molecule has 2 aromatic rings. The van der Waals surface area contributed by atoms with E-state index in [-0.39, 0.29) is 16.7 Å². The van der Waals surface area contributed by atoms with E-state index in [9.17, 15) is 0 Å². The van der Waals surface area contributed by atoms with Crippen LogP contribution in [0.5, 0.6) is 11.6 Å². The van der Waals surface area contributed by atoms with Crippen molar-refractivity contribution < 1.29 is 9.94 Å². The third-order valence-corrected chi connectivity index (χ3v) is 3.59. The highest BCUT2D eigenvalue weighted by Crippen LogP contribution is 2.31. The van der Waals surface area contributed by atoms with Crippen LogP contribution < -0.4 is 10.5 Å². The second-order valence-electron chi connectivity index (χ2n) is 4.17. The number of pyridine rings is 1. The SMILES string of the molecule is CCc1cc(Oc2nccc(/C(N)=N/O)c2Cl)ccc1Cl. The first-order valence-electron chi connectivity index (χ1n) is 6.15. The highest BCUT2D eigenvalue weighted by molar-refractivity contribution is 6.35. The van der Waals surface area contributed by atoms with Crippen LogP contribution in [0.15, 0.2) is 35.6 Å². The Bertz CT molecular complexity index is 690. The Labute approximate surface area is 132 Å². The second kappa shape index (κ2) is 6.65. The molecule has 0 aliphatic heterocycles. The molecule has 0 bridgehead atoms. The first-order valence-corrected chi connectivity index (χ1v) is 6.91. The Morgan fingerprint density at radius 2 is 2.14 bits per heavy atom. The minimum Gasteiger partial charge on any atom is -0.438 e. The molecule has 21 heavy (non-hydrogen) atoms. The van der Waals surface area contributed by atoms with Gasteiger partial charge in [-0.15, -0.1) is 0 Å². The summed E-state index contributed by atoms with van der Waals surface area (Å²) >= 11 is 12.2. The Morgan fingerprint density at radius 1 is 1.38 bits per heavy atom. The van der Waals surface area contributed by atoms with Gasteiger partial charge in [-0.1, -0.05) is 35.3 Å². The zero-order valence-electron chi connectivity index (χ0n) is 11.2. The Balaban J connectivity index is 2.36. The van der Waals surface area contributed by atoms with Gasteiger partial charge in [-0.05, 0) is 36.2 Å². The zero-order valence-corrected chi connectivity index (χ0v) is 12.7. The van der Waals surface area contributed by atoms with Gasteiger partial charge in [0.15, 0.2) is 5.84 Å². The minimum atomic E-state index is -0.113. The summed E-state index contributed by atoms with van der Waals surface area (Å²) in [6, 6.07) is 6.81. The van der Waals surface area contributed by atoms with E-state index in [1.165, 1.54) is 12.3 Å². The van der Waals surface area contributed by atoms with Crippen LogP contribution in [0.3, 0.4) is 0 Å². The Kier molecular flexibility index (Phi) is 4.88. The van der Waals surface area contributed by atoms with Crippen LogP contribution in [0.4, 0.5) is 0 Å². The van der Waals surface area contributed by atoms with E-state index >= 15 is 0 Å². The number of ether oxygens (including phenoxy) is 1. The van der Waals surface area contributed by atoms with Gasteiger partial charge in [-0.2, -0.15) is 0 Å². The van der Waals surface area contributed by atoms with Gasteiger partial charge in [-0.25, -0.2) is 4.98 Å². The molecule has 0 amide bonds. The number of benzene rings is 1. The lowest BCUT2D eigenvalue weighted by Gasteiger charge is -2.10. The average Bonchev–Trinajstić information content (AvgIpc) is 2.50. The average molecular weight is 326 g/mol. The minimum absolute atomic E-state index is 0.113. The maximum atomic E-state index is 8.72. The van der Waals surface area contributed by atoms with E-state index in [0.29, 0.717) is 16.3 Å². The van der Waals surface area contributed by atoms with Crippen molar-refractivity contribution >= 4 is 29.0 Å². The summed E-state index contributed by atoms with van der Waals surface area (Å²) in [7, 11) is 0. The van der Waals surface area contributed by atoms with Gasteiger partial charge in [-0.3, -0.25) is 0 Å². The lowest BCUT2D eigenvalue weighted by molar-refractivity contribution is 0.318. The van der Waals surface area contributed by atoms with Gasteiger partial charge in [0.2, 0.25) is 5.88 Å². The van der Waals surface area contributed by atoms with Crippen LogP contribution >= 0.6 is 23.2 Å². The largest absolute Gasteiger partial charge is 0.438 e. The lowest BCUT2D eigenvalue weighted by atomic mass is 10.1. The molecular formula is C14H13Cl2N3O2. The van der Waals surface area contributed by atoms with E-state index in [4.69, 9.17) is 38.9 Å². The number of hydrogen-bond donors (Lipinski definition) is 2. The highest BCUT2D eigenvalue weighted by Gasteiger charge is 2.13. The molecule has 0 saturated heterocycles. The number of aromatic nitrogens is 1. The molecule has 1 aromatic heterocycles. The van der Waals surface area contributed by atoms with Gasteiger partial charge in [0.1, 0.15) is 10.8 Å². The Morgan fingerprint density at radius 3 is 2.81 bits per heavy atom. The van der Waals surface area contributed by atoms with Crippen molar-refractivity contribution in [3.05, 3.63) is 51.6 Å². The van der Waals surface area contributed by atoms with Crippen molar-refractivity contribution in [1.29, 1.82) is 0 Å². The normalized spacial score (nSPS) is 11.5. The fourth-order valence-corrected chi connectivity index (χ4v) is 2.24. The molecule has 0 aliphatic carbocycles. The van der Waals surface area contributed by atoms with Crippen molar-refractivity contribution in [2.45, 2.75) is 13.3 Å². The molecule has 0 radical (unpaired) electrons. The van der Waals surface area contributed by atoms with Crippen molar-refractivity contribution in [3.8, 4) is 11.6 Å². The molecule has 0 atom stereocenters. The smallest absolute Gasteiger partial charge is 0.238 e. The van der Waals surface area contributed by atoms with E-state index in [0.717, 1.165) is 12.0 Å². The number of amidine groups is 1. The predicted molar refractivity (Wildman–Crippen MR) is 82.7 cm³/mol. The van der Waals surface area contributed by atoms with Crippen LogP contribution in [-0.4, -0.2) is 16.0 Å². The molecule has 0 unspecified atom stereocenters. The maximum Gasteiger partial charge on any atom is 0.238 e. The summed E-state index contributed by atoms with van der Waals surface area (Å²) in [5, 5.41) is 12.5. The van der Waals surface area contributed by atoms with Crippen molar-refractivity contribution in [2.24, 2.45) is 10.9 Å². The molecule has 0 fully saturated rings. The maximum absolute atomic E-state index is 8.72. The molecule has 0 spiro atoms. The quantitative estimate of drug-likeness (QED) is 0.387. The first kappa shape index (κ1) is 15.4. The topological polar surface area (TPSA) is 80.7 Å². The fraction of sp³-hybridized carbons (Fsp3) is 0.143. The summed E-state index contributed by atoms with van der Waals surface area (Å²) in [4.78, 5) is 4.05. The molecule has 3 N–H and O–H groups in total. The number of halogens is 2. The molecule has 5 nitrogen and oxygen atoms in total. The second-order valence-corrected chi connectivity index (χ2v) is 4.96. The highest BCUT2D eigenvalue weighted by atomic mass is 35.5. The number of oxime groups is 1. The van der Waals surface area contributed by atoms with E-state index < -0.39 is 0 Å². The van der Waals surface area contributed by atoms with Crippen LogP contribution in [0.1, 0.15) is 18.1 Å². The van der Waals surface area contributed by atoms with Crippen LogP contribution in [0.25, 0.3) is 0 Å². The van der Waals surface area contributed by atoms with E-state index in [1.807, 2.05) is 13.0 Å². The molecular weight excluding hydrogens is 313 g/mol. The molecule has 0 aliphatic rings. The van der Waals surface area contributed by atoms with Gasteiger partial charge in [0.25, 0.3) is 0 Å². The molecule has 7 heteroatoms. The molecule has 110 valence electrons. The summed E-state index contributed by atoms with van der Waals surface area (Å²) in [5.41, 5.74) is 6.84. The third-order valence-electron chi connectivity index (χ3n) is 2.85. The standard InChI is InChI=1S/C14H13Cl2N3O2/c1-2-8-7-9(3-4-11(8)15)21-14-12(16)10(5-6-18-14)13(17)19-20/h3-7,20H,2H2,1H3,(H2,17,19). The van der Waals surface area contributed by atoms with E-state index in [2.05, 4.69) is 10.1 Å². The monoisotopic (exact) mass is 325 g/mol. The lowest BCUT2D eigenvalue weighted by Crippen LogP contribution is -2.14. The van der Waals surface area contributed by atoms with Crippen LogP contribution in [0.2, 0.25) is 10.0 Å². The fourth-order valence-electron chi connectivity index (χ4n) is 1.74. The predicted octanol–water partition coefficient (Wildman–Crippen LogP) is 3.84. The first-order chi connectivity index (χ1) is 10.1. The number of hydrogen-bond acceptors (Lipinski definition) is 4. The van der Waals surface area contributed by atoms with Crippen LogP contribution in [-0.2, 0) is 6.42 Å². The van der Waals surface area contributed by atoms with Crippen molar-refractivity contribution in [1.82, 2.24) is 4.98 Å². The Hall–Kier alpha value is -1.98. The third kappa shape index (κ3) is 3.37.